The second kappa shape index (κ2) is 4.15. The number of nitrogens with zero attached hydrogens (tertiary/aromatic N) is 1. The summed E-state index contributed by atoms with van der Waals surface area (Å²) in [7, 11) is 0. The summed E-state index contributed by atoms with van der Waals surface area (Å²) in [5.74, 6) is -0.973. The van der Waals surface area contributed by atoms with Gasteiger partial charge >= 0.3 is 0 Å². The summed E-state index contributed by atoms with van der Waals surface area (Å²) in [5.41, 5.74) is 5.55. The molecule has 0 atom stereocenters. The summed E-state index contributed by atoms with van der Waals surface area (Å²) in [6.07, 6.45) is 2.71. The van der Waals surface area contributed by atoms with Crippen molar-refractivity contribution in [1.29, 1.82) is 0 Å². The van der Waals surface area contributed by atoms with Gasteiger partial charge in [0.25, 0.3) is 11.8 Å². The van der Waals surface area contributed by atoms with Gasteiger partial charge in [-0.2, -0.15) is 0 Å². The Hall–Kier alpha value is -2.15. The fraction of sp³-hybridized carbons (Fsp3) is 0. The minimum Gasteiger partial charge on any atom is -0.472 e. The minimum absolute atomic E-state index is 0.132. The van der Waals surface area contributed by atoms with Crippen LogP contribution >= 0.6 is 11.3 Å². The Balaban J connectivity index is 2.09. The smallest absolute Gasteiger partial charge is 0.268 e. The van der Waals surface area contributed by atoms with Gasteiger partial charge in [0.1, 0.15) is 12.0 Å². The number of nitrogens with one attached hydrogen (secondary N) is 1. The SMILES string of the molecule is NC(=O)c1csc(NC(=O)c2ccoc2)n1. The lowest BCUT2D eigenvalue weighted by Gasteiger charge is -1.96. The van der Waals surface area contributed by atoms with Crippen molar-refractivity contribution < 1.29 is 14.0 Å². The quantitative estimate of drug-likeness (QED) is 0.834. The first kappa shape index (κ1) is 10.4. The average Bonchev–Trinajstić information content (AvgIpc) is 2.87. The van der Waals surface area contributed by atoms with E-state index in [4.69, 9.17) is 10.2 Å². The molecular formula is C9H7N3O3S. The third-order valence-electron chi connectivity index (χ3n) is 1.76. The lowest BCUT2D eigenvalue weighted by Crippen LogP contribution is -2.13. The zero-order chi connectivity index (χ0) is 11.5. The number of nitrogens with two attached hydrogens (primary N) is 1. The molecule has 0 radical (unpaired) electrons. The summed E-state index contributed by atoms with van der Waals surface area (Å²) in [6, 6.07) is 1.53. The van der Waals surface area contributed by atoms with E-state index in [9.17, 15) is 9.59 Å². The average molecular weight is 237 g/mol. The van der Waals surface area contributed by atoms with Crippen LogP contribution in [0.4, 0.5) is 5.13 Å². The van der Waals surface area contributed by atoms with Crippen molar-refractivity contribution in [2.24, 2.45) is 5.73 Å². The van der Waals surface area contributed by atoms with E-state index in [-0.39, 0.29) is 11.6 Å². The zero-order valence-corrected chi connectivity index (χ0v) is 8.78. The molecule has 82 valence electrons. The highest BCUT2D eigenvalue weighted by molar-refractivity contribution is 7.14. The predicted molar refractivity (Wildman–Crippen MR) is 57.3 cm³/mol. The van der Waals surface area contributed by atoms with Crippen LogP contribution in [0.5, 0.6) is 0 Å². The number of amides is 2. The minimum atomic E-state index is -0.625. The van der Waals surface area contributed by atoms with E-state index in [0.29, 0.717) is 10.7 Å². The van der Waals surface area contributed by atoms with E-state index < -0.39 is 5.91 Å². The zero-order valence-electron chi connectivity index (χ0n) is 7.97. The van der Waals surface area contributed by atoms with E-state index in [1.165, 1.54) is 24.0 Å². The van der Waals surface area contributed by atoms with Crippen molar-refractivity contribution in [3.05, 3.63) is 35.2 Å². The number of hydrogen-bond donors (Lipinski definition) is 2. The van der Waals surface area contributed by atoms with Gasteiger partial charge in [-0.3, -0.25) is 14.9 Å². The molecule has 0 saturated carbocycles. The van der Waals surface area contributed by atoms with Crippen molar-refractivity contribution in [2.45, 2.75) is 0 Å². The Morgan fingerprint density at radius 2 is 2.31 bits per heavy atom. The molecule has 0 unspecified atom stereocenters. The molecule has 2 heterocycles. The molecule has 3 N–H and O–H groups in total. The lowest BCUT2D eigenvalue weighted by molar-refractivity contribution is 0.0992. The topological polar surface area (TPSA) is 98.2 Å². The highest BCUT2D eigenvalue weighted by Gasteiger charge is 2.11. The van der Waals surface area contributed by atoms with E-state index >= 15 is 0 Å². The summed E-state index contributed by atoms with van der Waals surface area (Å²) >= 11 is 1.13. The molecule has 6 nitrogen and oxygen atoms in total. The molecule has 2 aromatic heterocycles. The third kappa shape index (κ3) is 2.09. The predicted octanol–water partition coefficient (Wildman–Crippen LogP) is 1.09. The number of primary amides is 1. The monoisotopic (exact) mass is 237 g/mol. The molecule has 2 rings (SSSR count). The summed E-state index contributed by atoms with van der Waals surface area (Å²) in [5, 5.41) is 4.32. The summed E-state index contributed by atoms with van der Waals surface area (Å²) in [4.78, 5) is 26.1. The molecule has 2 amide bonds. The van der Waals surface area contributed by atoms with Crippen molar-refractivity contribution >= 4 is 28.3 Å². The van der Waals surface area contributed by atoms with Crippen LogP contribution in [0.1, 0.15) is 20.8 Å². The second-order valence-electron chi connectivity index (χ2n) is 2.87. The molecule has 7 heteroatoms. The van der Waals surface area contributed by atoms with Crippen molar-refractivity contribution in [3.8, 4) is 0 Å². The first-order valence-electron chi connectivity index (χ1n) is 4.25. The van der Waals surface area contributed by atoms with Gasteiger partial charge in [-0.1, -0.05) is 0 Å². The normalized spacial score (nSPS) is 10.0. The molecule has 0 bridgehead atoms. The maximum Gasteiger partial charge on any atom is 0.268 e. The summed E-state index contributed by atoms with van der Waals surface area (Å²) < 4.78 is 4.76. The number of carbonyl (C=O) groups is 2. The first-order chi connectivity index (χ1) is 7.66. The number of aromatic nitrogens is 1. The standard InChI is InChI=1S/C9H7N3O3S/c10-7(13)6-4-16-9(11-6)12-8(14)5-1-2-15-3-5/h1-4H,(H2,10,13)(H,11,12,14). The van der Waals surface area contributed by atoms with E-state index in [1.54, 1.807) is 0 Å². The highest BCUT2D eigenvalue weighted by Crippen LogP contribution is 2.16. The molecule has 0 aliphatic heterocycles. The van der Waals surface area contributed by atoms with Gasteiger partial charge in [0.15, 0.2) is 5.13 Å². The molecule has 0 spiro atoms. The van der Waals surface area contributed by atoms with Crippen molar-refractivity contribution in [3.63, 3.8) is 0 Å². The fourth-order valence-corrected chi connectivity index (χ4v) is 1.70. The van der Waals surface area contributed by atoms with Gasteiger partial charge in [-0.15, -0.1) is 11.3 Å². The van der Waals surface area contributed by atoms with E-state index in [0.717, 1.165) is 11.3 Å². The second-order valence-corrected chi connectivity index (χ2v) is 3.73. The molecule has 0 fully saturated rings. The molecular weight excluding hydrogens is 230 g/mol. The van der Waals surface area contributed by atoms with Gasteiger partial charge in [0.05, 0.1) is 11.8 Å². The van der Waals surface area contributed by atoms with Crippen LogP contribution < -0.4 is 11.1 Å². The number of rotatable bonds is 3. The highest BCUT2D eigenvalue weighted by atomic mass is 32.1. The van der Waals surface area contributed by atoms with Crippen molar-refractivity contribution in [2.75, 3.05) is 5.32 Å². The van der Waals surface area contributed by atoms with Crippen LogP contribution in [0.2, 0.25) is 0 Å². The van der Waals surface area contributed by atoms with Gasteiger partial charge in [-0.25, -0.2) is 4.98 Å². The van der Waals surface area contributed by atoms with E-state index in [1.807, 2.05) is 0 Å². The molecule has 0 saturated heterocycles. The van der Waals surface area contributed by atoms with Crippen LogP contribution in [0, 0.1) is 0 Å². The number of furan rings is 1. The van der Waals surface area contributed by atoms with Gasteiger partial charge < -0.3 is 10.2 Å². The maximum absolute atomic E-state index is 11.5. The van der Waals surface area contributed by atoms with Crippen molar-refractivity contribution in [1.82, 2.24) is 4.98 Å². The maximum atomic E-state index is 11.5. The summed E-state index contributed by atoms with van der Waals surface area (Å²) in [6.45, 7) is 0. The Labute approximate surface area is 94.1 Å². The molecule has 0 aliphatic carbocycles. The molecule has 2 aromatic rings. The number of anilines is 1. The number of hydrogen-bond acceptors (Lipinski definition) is 5. The third-order valence-corrected chi connectivity index (χ3v) is 2.52. The van der Waals surface area contributed by atoms with Crippen LogP contribution in [-0.4, -0.2) is 16.8 Å². The number of thiazole rings is 1. The largest absolute Gasteiger partial charge is 0.472 e. The number of carbonyl (C=O) groups excluding carboxylic acids is 2. The molecule has 0 aliphatic rings. The lowest BCUT2D eigenvalue weighted by atomic mass is 10.3. The Morgan fingerprint density at radius 3 is 2.88 bits per heavy atom. The van der Waals surface area contributed by atoms with Crippen LogP contribution in [0.3, 0.4) is 0 Å². The van der Waals surface area contributed by atoms with Crippen LogP contribution in [-0.2, 0) is 0 Å². The van der Waals surface area contributed by atoms with Gasteiger partial charge in [0.2, 0.25) is 0 Å². The first-order valence-corrected chi connectivity index (χ1v) is 5.13. The van der Waals surface area contributed by atoms with Crippen LogP contribution in [0.15, 0.2) is 28.4 Å². The van der Waals surface area contributed by atoms with Gasteiger partial charge in [-0.05, 0) is 6.07 Å². The van der Waals surface area contributed by atoms with Gasteiger partial charge in [0, 0.05) is 5.38 Å². The molecule has 16 heavy (non-hydrogen) atoms. The van der Waals surface area contributed by atoms with E-state index in [2.05, 4.69) is 10.3 Å². The Bertz CT molecular complexity index is 518. The van der Waals surface area contributed by atoms with Crippen LogP contribution in [0.25, 0.3) is 0 Å². The fourth-order valence-electron chi connectivity index (χ4n) is 1.01. The Kier molecular flexibility index (Phi) is 2.69. The Morgan fingerprint density at radius 1 is 1.50 bits per heavy atom. The molecule has 0 aromatic carbocycles.